The van der Waals surface area contributed by atoms with Gasteiger partial charge in [0.25, 0.3) is 5.56 Å². The molecule has 1 aromatic heterocycles. The zero-order valence-corrected chi connectivity index (χ0v) is 24.3. The molecule has 1 N–H and O–H groups in total. The van der Waals surface area contributed by atoms with E-state index < -0.39 is 5.97 Å². The number of fused-ring (bicyclic) bond motifs is 1. The van der Waals surface area contributed by atoms with Gasteiger partial charge >= 0.3 is 5.97 Å². The molecule has 0 atom stereocenters. The van der Waals surface area contributed by atoms with Crippen molar-refractivity contribution < 1.29 is 19.4 Å². The largest absolute Gasteiger partial charge is 0.490 e. The van der Waals surface area contributed by atoms with Crippen LogP contribution in [0.25, 0.3) is 10.9 Å². The van der Waals surface area contributed by atoms with Gasteiger partial charge in [0.05, 0.1) is 32.9 Å². The highest BCUT2D eigenvalue weighted by molar-refractivity contribution is 14.1. The van der Waals surface area contributed by atoms with Crippen molar-refractivity contribution in [2.24, 2.45) is 5.10 Å². The molecule has 40 heavy (non-hydrogen) atoms. The molecule has 0 amide bonds. The van der Waals surface area contributed by atoms with Gasteiger partial charge in [-0.05, 0) is 89.9 Å². The van der Waals surface area contributed by atoms with Gasteiger partial charge in [-0.2, -0.15) is 9.78 Å². The number of carbonyl (C=O) groups is 1. The van der Waals surface area contributed by atoms with Crippen molar-refractivity contribution in [3.8, 4) is 11.5 Å². The lowest BCUT2D eigenvalue weighted by Crippen LogP contribution is -2.25. The van der Waals surface area contributed by atoms with Gasteiger partial charge in [-0.3, -0.25) is 4.79 Å². The molecule has 1 aliphatic carbocycles. The number of halogens is 1. The van der Waals surface area contributed by atoms with Crippen LogP contribution >= 0.6 is 22.6 Å². The summed E-state index contributed by atoms with van der Waals surface area (Å²) in [5.41, 5.74) is 2.22. The van der Waals surface area contributed by atoms with E-state index in [1.807, 2.05) is 43.3 Å². The van der Waals surface area contributed by atoms with E-state index in [1.165, 1.54) is 11.1 Å². The fourth-order valence-corrected chi connectivity index (χ4v) is 5.80. The first-order valence-corrected chi connectivity index (χ1v) is 14.5. The van der Waals surface area contributed by atoms with E-state index in [0.29, 0.717) is 34.8 Å². The first kappa shape index (κ1) is 27.8. The molecule has 0 unspecified atom stereocenters. The Morgan fingerprint density at radius 1 is 1.10 bits per heavy atom. The second-order valence-electron chi connectivity index (χ2n) is 9.74. The van der Waals surface area contributed by atoms with Crippen molar-refractivity contribution in [1.82, 2.24) is 9.66 Å². The van der Waals surface area contributed by atoms with Crippen molar-refractivity contribution in [3.63, 3.8) is 0 Å². The summed E-state index contributed by atoms with van der Waals surface area (Å²) in [6.45, 7) is 2.51. The van der Waals surface area contributed by atoms with Gasteiger partial charge in [-0.15, -0.1) is 0 Å². The molecule has 0 radical (unpaired) electrons. The minimum absolute atomic E-state index is 0.175. The summed E-state index contributed by atoms with van der Waals surface area (Å²) in [6, 6.07) is 17.8. The standard InChI is InChI=1S/C31H30IN3O5/c1-2-39-27-17-21(16-25(32)28(27)40-19-20-9-8-12-23(15-20)31(37)38)18-33-35-29(22-10-4-3-5-11-22)34-26-14-7-6-13-24(26)30(35)36/h6-9,12-18,22H,2-5,10-11,19H2,1H3,(H,37,38). The molecule has 0 aliphatic heterocycles. The molecule has 8 nitrogen and oxygen atoms in total. The van der Waals surface area contributed by atoms with Gasteiger partial charge in [-0.1, -0.05) is 43.5 Å². The van der Waals surface area contributed by atoms with Gasteiger partial charge in [0.15, 0.2) is 11.5 Å². The first-order chi connectivity index (χ1) is 19.4. The van der Waals surface area contributed by atoms with Crippen LogP contribution in [0.2, 0.25) is 0 Å². The van der Waals surface area contributed by atoms with Crippen LogP contribution in [0.15, 0.2) is 70.6 Å². The highest BCUT2D eigenvalue weighted by Gasteiger charge is 2.22. The summed E-state index contributed by atoms with van der Waals surface area (Å²) >= 11 is 2.18. The number of rotatable bonds is 9. The monoisotopic (exact) mass is 651 g/mol. The summed E-state index contributed by atoms with van der Waals surface area (Å²) in [5, 5.41) is 14.5. The molecule has 1 saturated carbocycles. The second-order valence-corrected chi connectivity index (χ2v) is 10.9. The number of para-hydroxylation sites is 1. The lowest BCUT2D eigenvalue weighted by atomic mass is 9.88. The number of aromatic carboxylic acids is 1. The molecule has 3 aromatic carbocycles. The molecule has 4 aromatic rings. The average molecular weight is 652 g/mol. The van der Waals surface area contributed by atoms with Crippen LogP contribution in [0.1, 0.15) is 72.3 Å². The fourth-order valence-electron chi connectivity index (χ4n) is 5.02. The summed E-state index contributed by atoms with van der Waals surface area (Å²) in [5.74, 6) is 1.03. The maximum atomic E-state index is 13.5. The van der Waals surface area contributed by atoms with E-state index in [-0.39, 0.29) is 23.6 Å². The molecule has 206 valence electrons. The Balaban J connectivity index is 1.47. The van der Waals surface area contributed by atoms with Gasteiger partial charge in [0.2, 0.25) is 0 Å². The zero-order chi connectivity index (χ0) is 28.1. The van der Waals surface area contributed by atoms with Crippen molar-refractivity contribution in [2.75, 3.05) is 6.61 Å². The van der Waals surface area contributed by atoms with E-state index in [4.69, 9.17) is 14.5 Å². The number of hydrogen-bond donors (Lipinski definition) is 1. The number of ether oxygens (including phenoxy) is 2. The summed E-state index contributed by atoms with van der Waals surface area (Å²) in [7, 11) is 0. The van der Waals surface area contributed by atoms with Gasteiger partial charge < -0.3 is 14.6 Å². The smallest absolute Gasteiger partial charge is 0.335 e. The number of carboxylic acids is 1. The highest BCUT2D eigenvalue weighted by Crippen LogP contribution is 2.35. The van der Waals surface area contributed by atoms with Gasteiger partial charge in [-0.25, -0.2) is 9.78 Å². The number of benzene rings is 3. The predicted molar refractivity (Wildman–Crippen MR) is 163 cm³/mol. The Morgan fingerprint density at radius 3 is 2.67 bits per heavy atom. The summed E-state index contributed by atoms with van der Waals surface area (Å²) in [4.78, 5) is 29.7. The molecule has 0 bridgehead atoms. The third-order valence-corrected chi connectivity index (χ3v) is 7.76. The molecular formula is C31H30IN3O5. The number of nitrogens with zero attached hydrogens (tertiary/aromatic N) is 3. The van der Waals surface area contributed by atoms with E-state index >= 15 is 0 Å². The van der Waals surface area contributed by atoms with Crippen LogP contribution < -0.4 is 15.0 Å². The quantitative estimate of drug-likeness (QED) is 0.162. The van der Waals surface area contributed by atoms with E-state index in [0.717, 1.165) is 40.4 Å². The van der Waals surface area contributed by atoms with Crippen LogP contribution in [0.3, 0.4) is 0 Å². The Bertz CT molecular complexity index is 1630. The molecule has 0 saturated heterocycles. The number of aromatic nitrogens is 2. The normalized spacial score (nSPS) is 14.1. The molecule has 1 heterocycles. The molecule has 1 aliphatic rings. The molecule has 1 fully saturated rings. The van der Waals surface area contributed by atoms with E-state index in [9.17, 15) is 14.7 Å². The first-order valence-electron chi connectivity index (χ1n) is 13.4. The van der Waals surface area contributed by atoms with Crippen LogP contribution in [0.4, 0.5) is 0 Å². The van der Waals surface area contributed by atoms with Crippen molar-refractivity contribution in [3.05, 3.63) is 97.1 Å². The molecular weight excluding hydrogens is 621 g/mol. The van der Waals surface area contributed by atoms with Gasteiger partial charge in [0.1, 0.15) is 12.4 Å². The molecule has 0 spiro atoms. The van der Waals surface area contributed by atoms with Crippen molar-refractivity contribution in [2.45, 2.75) is 51.6 Å². The minimum Gasteiger partial charge on any atom is -0.490 e. The summed E-state index contributed by atoms with van der Waals surface area (Å²) in [6.07, 6.45) is 7.09. The Labute approximate surface area is 245 Å². The highest BCUT2D eigenvalue weighted by atomic mass is 127. The lowest BCUT2D eigenvalue weighted by Gasteiger charge is -2.22. The van der Waals surface area contributed by atoms with Crippen molar-refractivity contribution >= 4 is 45.7 Å². The zero-order valence-electron chi connectivity index (χ0n) is 22.2. The van der Waals surface area contributed by atoms with Crippen LogP contribution in [0, 0.1) is 3.57 Å². The Kier molecular flexibility index (Phi) is 8.78. The molecule has 9 heteroatoms. The van der Waals surface area contributed by atoms with Crippen LogP contribution in [-0.2, 0) is 6.61 Å². The molecule has 5 rings (SSSR count). The topological polar surface area (TPSA) is 103 Å². The fraction of sp³-hybridized carbons (Fsp3) is 0.290. The van der Waals surface area contributed by atoms with Gasteiger partial charge in [0, 0.05) is 5.92 Å². The lowest BCUT2D eigenvalue weighted by molar-refractivity contribution is 0.0696. The van der Waals surface area contributed by atoms with Crippen molar-refractivity contribution in [1.29, 1.82) is 0 Å². The Morgan fingerprint density at radius 2 is 1.90 bits per heavy atom. The van der Waals surface area contributed by atoms with Crippen LogP contribution in [0.5, 0.6) is 11.5 Å². The Hall–Kier alpha value is -3.73. The third-order valence-electron chi connectivity index (χ3n) is 6.96. The number of carboxylic acid groups (broad SMARTS) is 1. The predicted octanol–water partition coefficient (Wildman–Crippen LogP) is 6.61. The second kappa shape index (κ2) is 12.6. The average Bonchev–Trinajstić information content (AvgIpc) is 2.97. The SMILES string of the molecule is CCOc1cc(C=Nn2c(C3CCCCC3)nc3ccccc3c2=O)cc(I)c1OCc1cccc(C(=O)O)c1. The maximum absolute atomic E-state index is 13.5. The maximum Gasteiger partial charge on any atom is 0.335 e. The minimum atomic E-state index is -0.984. The third kappa shape index (κ3) is 6.19. The summed E-state index contributed by atoms with van der Waals surface area (Å²) < 4.78 is 14.2. The van der Waals surface area contributed by atoms with E-state index in [2.05, 4.69) is 27.7 Å². The van der Waals surface area contributed by atoms with Crippen LogP contribution in [-0.4, -0.2) is 33.6 Å². The van der Waals surface area contributed by atoms with E-state index in [1.54, 1.807) is 30.5 Å². The number of hydrogen-bond acceptors (Lipinski definition) is 6.